The van der Waals surface area contributed by atoms with E-state index in [1.165, 1.54) is 19.3 Å². The maximum absolute atomic E-state index is 6.10. The Morgan fingerprint density at radius 1 is 1.44 bits per heavy atom. The molecule has 0 aliphatic heterocycles. The molecule has 0 saturated heterocycles. The van der Waals surface area contributed by atoms with Crippen LogP contribution in [0.25, 0.3) is 0 Å². The summed E-state index contributed by atoms with van der Waals surface area (Å²) >= 11 is 1.70. The lowest BCUT2D eigenvalue weighted by molar-refractivity contribution is 0.273. The first-order chi connectivity index (χ1) is 7.79. The van der Waals surface area contributed by atoms with Gasteiger partial charge in [0.2, 0.25) is 5.89 Å². The molecular weight excluding hydrogens is 222 g/mol. The number of nitrogens with zero attached hydrogens (tertiary/aromatic N) is 2. The molecule has 0 spiro atoms. The van der Waals surface area contributed by atoms with Crippen LogP contribution in [0.4, 0.5) is 0 Å². The van der Waals surface area contributed by atoms with E-state index in [0.717, 1.165) is 30.3 Å². The molecule has 1 aromatic rings. The highest BCUT2D eigenvalue weighted by Gasteiger charge is 2.24. The molecule has 90 valence electrons. The molecule has 16 heavy (non-hydrogen) atoms. The summed E-state index contributed by atoms with van der Waals surface area (Å²) in [7, 11) is 0. The van der Waals surface area contributed by atoms with Crippen LogP contribution in [0.3, 0.4) is 0 Å². The van der Waals surface area contributed by atoms with Crippen molar-refractivity contribution < 1.29 is 4.52 Å². The molecule has 0 bridgehead atoms. The molecule has 1 aromatic heterocycles. The Morgan fingerprint density at radius 2 is 2.25 bits per heavy atom. The van der Waals surface area contributed by atoms with E-state index in [1.54, 1.807) is 11.8 Å². The van der Waals surface area contributed by atoms with Gasteiger partial charge in [0.1, 0.15) is 0 Å². The highest BCUT2D eigenvalue weighted by atomic mass is 32.2. The monoisotopic (exact) mass is 241 g/mol. The third-order valence-corrected chi connectivity index (χ3v) is 3.74. The van der Waals surface area contributed by atoms with E-state index >= 15 is 0 Å². The summed E-state index contributed by atoms with van der Waals surface area (Å²) in [6.07, 6.45) is 7.76. The Morgan fingerprint density at radius 3 is 3.00 bits per heavy atom. The second-order valence-electron chi connectivity index (χ2n) is 4.45. The van der Waals surface area contributed by atoms with Gasteiger partial charge in [0, 0.05) is 12.5 Å². The average molecular weight is 241 g/mol. The third-order valence-electron chi connectivity index (χ3n) is 3.19. The van der Waals surface area contributed by atoms with Crippen LogP contribution in [0, 0.1) is 5.92 Å². The Hall–Kier alpha value is -0.550. The lowest BCUT2D eigenvalue weighted by Gasteiger charge is -2.27. The molecule has 5 heteroatoms. The molecule has 1 heterocycles. The minimum atomic E-state index is 0.310. The lowest BCUT2D eigenvalue weighted by Crippen LogP contribution is -2.34. The molecular formula is C11H19N3OS. The third kappa shape index (κ3) is 2.98. The first kappa shape index (κ1) is 11.9. The van der Waals surface area contributed by atoms with Crippen LogP contribution in [0.2, 0.25) is 0 Å². The van der Waals surface area contributed by atoms with Crippen LogP contribution in [0.5, 0.6) is 0 Å². The van der Waals surface area contributed by atoms with Gasteiger partial charge in [-0.3, -0.25) is 0 Å². The fraction of sp³-hybridized carbons (Fsp3) is 0.818. The zero-order valence-corrected chi connectivity index (χ0v) is 10.5. The number of hydrogen-bond acceptors (Lipinski definition) is 5. The van der Waals surface area contributed by atoms with Crippen molar-refractivity contribution in [3.8, 4) is 0 Å². The van der Waals surface area contributed by atoms with Crippen LogP contribution >= 0.6 is 11.8 Å². The highest BCUT2D eigenvalue weighted by molar-refractivity contribution is 7.97. The smallest absolute Gasteiger partial charge is 0.227 e. The van der Waals surface area contributed by atoms with E-state index in [9.17, 15) is 0 Å². The SMILES string of the molecule is CSCc1noc(CC2CCCCC2N)n1. The van der Waals surface area contributed by atoms with Gasteiger partial charge in [-0.2, -0.15) is 16.7 Å². The first-order valence-corrected chi connectivity index (χ1v) is 7.25. The van der Waals surface area contributed by atoms with Crippen molar-refractivity contribution in [3.63, 3.8) is 0 Å². The van der Waals surface area contributed by atoms with Crippen LogP contribution in [0.15, 0.2) is 4.52 Å². The van der Waals surface area contributed by atoms with Crippen LogP contribution in [0.1, 0.15) is 37.4 Å². The Labute approximate surface area is 100 Å². The first-order valence-electron chi connectivity index (χ1n) is 5.85. The Balaban J connectivity index is 1.91. The van der Waals surface area contributed by atoms with E-state index in [4.69, 9.17) is 10.3 Å². The van der Waals surface area contributed by atoms with Gasteiger partial charge < -0.3 is 10.3 Å². The molecule has 2 unspecified atom stereocenters. The number of rotatable bonds is 4. The van der Waals surface area contributed by atoms with Crippen LogP contribution < -0.4 is 5.73 Å². The minimum absolute atomic E-state index is 0.310. The van der Waals surface area contributed by atoms with Gasteiger partial charge >= 0.3 is 0 Å². The summed E-state index contributed by atoms with van der Waals surface area (Å²) in [6, 6.07) is 0.310. The Kier molecular flexibility index (Phi) is 4.23. The van der Waals surface area contributed by atoms with Crippen molar-refractivity contribution in [1.82, 2.24) is 10.1 Å². The van der Waals surface area contributed by atoms with Gasteiger partial charge in [0.05, 0.1) is 5.75 Å². The van der Waals surface area contributed by atoms with Gasteiger partial charge in [0.15, 0.2) is 5.82 Å². The average Bonchev–Trinajstić information content (AvgIpc) is 2.70. The molecule has 4 nitrogen and oxygen atoms in total. The summed E-state index contributed by atoms with van der Waals surface area (Å²) in [4.78, 5) is 4.37. The van der Waals surface area contributed by atoms with E-state index < -0.39 is 0 Å². The Bertz CT molecular complexity index is 329. The summed E-state index contributed by atoms with van der Waals surface area (Å²) in [5, 5.41) is 3.95. The second kappa shape index (κ2) is 5.68. The quantitative estimate of drug-likeness (QED) is 0.873. The molecule has 0 aromatic carbocycles. The summed E-state index contributed by atoms with van der Waals surface area (Å²) in [5.74, 6) is 2.90. The van der Waals surface area contributed by atoms with E-state index in [-0.39, 0.29) is 0 Å². The van der Waals surface area contributed by atoms with Crippen LogP contribution in [-0.2, 0) is 12.2 Å². The number of thioether (sulfide) groups is 1. The van der Waals surface area contributed by atoms with Gasteiger partial charge in [0.25, 0.3) is 0 Å². The van der Waals surface area contributed by atoms with Crippen molar-refractivity contribution in [2.75, 3.05) is 6.26 Å². The van der Waals surface area contributed by atoms with Crippen molar-refractivity contribution in [1.29, 1.82) is 0 Å². The molecule has 1 fully saturated rings. The van der Waals surface area contributed by atoms with E-state index in [1.807, 2.05) is 6.26 Å². The molecule has 2 rings (SSSR count). The van der Waals surface area contributed by atoms with Gasteiger partial charge in [-0.15, -0.1) is 0 Å². The van der Waals surface area contributed by atoms with Crippen molar-refractivity contribution in [3.05, 3.63) is 11.7 Å². The zero-order valence-electron chi connectivity index (χ0n) is 9.69. The summed E-state index contributed by atoms with van der Waals surface area (Å²) in [6.45, 7) is 0. The van der Waals surface area contributed by atoms with Crippen LogP contribution in [-0.4, -0.2) is 22.4 Å². The van der Waals surface area contributed by atoms with E-state index in [2.05, 4.69) is 10.1 Å². The fourth-order valence-electron chi connectivity index (χ4n) is 2.27. The predicted molar refractivity (Wildman–Crippen MR) is 65.2 cm³/mol. The summed E-state index contributed by atoms with van der Waals surface area (Å²) in [5.41, 5.74) is 6.10. The topological polar surface area (TPSA) is 64.9 Å². The molecule has 1 aliphatic rings. The highest BCUT2D eigenvalue weighted by Crippen LogP contribution is 2.25. The number of hydrogen-bond donors (Lipinski definition) is 1. The molecule has 0 radical (unpaired) electrons. The largest absolute Gasteiger partial charge is 0.339 e. The van der Waals surface area contributed by atoms with Gasteiger partial charge in [-0.05, 0) is 25.0 Å². The minimum Gasteiger partial charge on any atom is -0.339 e. The molecule has 2 atom stereocenters. The molecule has 0 amide bonds. The molecule has 1 saturated carbocycles. The fourth-order valence-corrected chi connectivity index (χ4v) is 2.65. The zero-order chi connectivity index (χ0) is 11.4. The standard InChI is InChI=1S/C11H19N3OS/c1-16-7-10-13-11(15-14-10)6-8-4-2-3-5-9(8)12/h8-9H,2-7,12H2,1H3. The number of aromatic nitrogens is 2. The molecule has 1 aliphatic carbocycles. The van der Waals surface area contributed by atoms with Gasteiger partial charge in [-0.25, -0.2) is 0 Å². The second-order valence-corrected chi connectivity index (χ2v) is 5.32. The molecule has 2 N–H and O–H groups in total. The van der Waals surface area contributed by atoms with Crippen molar-refractivity contribution in [2.45, 2.75) is 43.9 Å². The maximum Gasteiger partial charge on any atom is 0.227 e. The van der Waals surface area contributed by atoms with Crippen molar-refractivity contribution >= 4 is 11.8 Å². The number of nitrogens with two attached hydrogens (primary N) is 1. The van der Waals surface area contributed by atoms with Gasteiger partial charge in [-0.1, -0.05) is 18.0 Å². The predicted octanol–water partition coefficient (Wildman–Crippen LogP) is 1.99. The van der Waals surface area contributed by atoms with E-state index in [0.29, 0.717) is 12.0 Å². The normalized spacial score (nSPS) is 25.9. The maximum atomic E-state index is 6.10. The van der Waals surface area contributed by atoms with Crippen molar-refractivity contribution in [2.24, 2.45) is 11.7 Å². The lowest BCUT2D eigenvalue weighted by atomic mass is 9.83. The summed E-state index contributed by atoms with van der Waals surface area (Å²) < 4.78 is 5.24.